The molecule has 0 aromatic carbocycles. The van der Waals surface area contributed by atoms with E-state index in [1.807, 2.05) is 0 Å². The Morgan fingerprint density at radius 1 is 1.23 bits per heavy atom. The summed E-state index contributed by atoms with van der Waals surface area (Å²) in [5.74, 6) is 0.861. The zero-order valence-corrected chi connectivity index (χ0v) is 16.2. The van der Waals surface area contributed by atoms with E-state index < -0.39 is 0 Å². The van der Waals surface area contributed by atoms with Crippen LogP contribution in [-0.2, 0) is 6.54 Å². The minimum Gasteiger partial charge on any atom is -1.00 e. The van der Waals surface area contributed by atoms with Crippen LogP contribution in [0.1, 0.15) is 70.4 Å². The van der Waals surface area contributed by atoms with Crippen LogP contribution in [0.4, 0.5) is 0 Å². The fraction of sp³-hybridized carbons (Fsp3) is 0.737. The molecule has 0 bridgehead atoms. The van der Waals surface area contributed by atoms with Crippen molar-refractivity contribution in [2.45, 2.75) is 71.4 Å². The molecule has 126 valence electrons. The molecule has 0 N–H and O–H groups in total. The van der Waals surface area contributed by atoms with Gasteiger partial charge in [0.25, 0.3) is 0 Å². The molecule has 0 aliphatic carbocycles. The Morgan fingerprint density at radius 3 is 2.68 bits per heavy atom. The van der Waals surface area contributed by atoms with Crippen molar-refractivity contribution < 1.29 is 21.5 Å². The first-order valence-corrected chi connectivity index (χ1v) is 8.86. The molecule has 1 aromatic rings. The molecule has 1 fully saturated rings. The van der Waals surface area contributed by atoms with Gasteiger partial charge in [-0.25, -0.2) is 4.57 Å². The van der Waals surface area contributed by atoms with Gasteiger partial charge in [-0.15, -0.1) is 0 Å². The van der Waals surface area contributed by atoms with Gasteiger partial charge in [-0.3, -0.25) is 4.90 Å². The van der Waals surface area contributed by atoms with E-state index in [9.17, 15) is 0 Å². The summed E-state index contributed by atoms with van der Waals surface area (Å²) in [5.41, 5.74) is 1.50. The SMILES string of the molecule is CC(C)CCCCCC[n+]1cccc([C@@H]2CCCN2C)c1.[Br-]. The van der Waals surface area contributed by atoms with Crippen LogP contribution in [0.25, 0.3) is 0 Å². The van der Waals surface area contributed by atoms with Gasteiger partial charge >= 0.3 is 0 Å². The highest BCUT2D eigenvalue weighted by Crippen LogP contribution is 2.29. The van der Waals surface area contributed by atoms with Crippen LogP contribution in [0.2, 0.25) is 0 Å². The standard InChI is InChI=1S/C19H33N2.BrH/c1-17(2)10-6-4-5-7-14-21-15-8-11-18(16-21)19-12-9-13-20(19)3;/h8,11,15-17,19H,4-7,9-10,12-14H2,1-3H3;1H/q+1;/p-1/t19-;/m0./s1. The molecule has 1 aliphatic rings. The molecule has 1 aliphatic heterocycles. The average Bonchev–Trinajstić information content (AvgIpc) is 2.89. The Labute approximate surface area is 147 Å². The second-order valence-corrected chi connectivity index (χ2v) is 7.11. The number of hydrogen-bond donors (Lipinski definition) is 0. The van der Waals surface area contributed by atoms with Crippen molar-refractivity contribution in [3.8, 4) is 0 Å². The van der Waals surface area contributed by atoms with Crippen molar-refractivity contribution in [1.29, 1.82) is 0 Å². The fourth-order valence-electron chi connectivity index (χ4n) is 3.41. The summed E-state index contributed by atoms with van der Waals surface area (Å²) in [4.78, 5) is 2.49. The highest BCUT2D eigenvalue weighted by atomic mass is 79.9. The molecule has 3 heteroatoms. The first-order chi connectivity index (χ1) is 10.2. The van der Waals surface area contributed by atoms with Crippen molar-refractivity contribution in [1.82, 2.24) is 4.90 Å². The maximum Gasteiger partial charge on any atom is 0.173 e. The summed E-state index contributed by atoms with van der Waals surface area (Å²) in [6.07, 6.45) is 14.1. The van der Waals surface area contributed by atoms with Crippen molar-refractivity contribution in [3.63, 3.8) is 0 Å². The van der Waals surface area contributed by atoms with Gasteiger partial charge in [0.15, 0.2) is 12.4 Å². The highest BCUT2D eigenvalue weighted by Gasteiger charge is 2.24. The van der Waals surface area contributed by atoms with E-state index in [-0.39, 0.29) is 17.0 Å². The molecule has 1 saturated heterocycles. The summed E-state index contributed by atoms with van der Waals surface area (Å²) in [6, 6.07) is 5.16. The first kappa shape index (κ1) is 19.6. The molecule has 1 atom stereocenters. The van der Waals surface area contributed by atoms with Gasteiger partial charge in [-0.2, -0.15) is 0 Å². The third-order valence-corrected chi connectivity index (χ3v) is 4.73. The Morgan fingerprint density at radius 2 is 2.00 bits per heavy atom. The first-order valence-electron chi connectivity index (χ1n) is 8.86. The zero-order chi connectivity index (χ0) is 15.1. The molecule has 2 nitrogen and oxygen atoms in total. The topological polar surface area (TPSA) is 7.12 Å². The van der Waals surface area contributed by atoms with Crippen LogP contribution < -0.4 is 21.5 Å². The van der Waals surface area contributed by atoms with Gasteiger partial charge in [-0.05, 0) is 44.8 Å². The summed E-state index contributed by atoms with van der Waals surface area (Å²) in [5, 5.41) is 0. The number of aromatic nitrogens is 1. The van der Waals surface area contributed by atoms with Gasteiger partial charge in [0.05, 0.1) is 0 Å². The Balaban J connectivity index is 0.00000242. The predicted molar refractivity (Wildman–Crippen MR) is 89.2 cm³/mol. The third kappa shape index (κ3) is 6.37. The van der Waals surface area contributed by atoms with Crippen LogP contribution in [-0.4, -0.2) is 18.5 Å². The molecule has 0 spiro atoms. The summed E-state index contributed by atoms with van der Waals surface area (Å²) in [7, 11) is 2.25. The number of unbranched alkanes of at least 4 members (excludes halogenated alkanes) is 3. The number of aryl methyl sites for hydroxylation is 1. The molecule has 22 heavy (non-hydrogen) atoms. The zero-order valence-electron chi connectivity index (χ0n) is 14.6. The minimum absolute atomic E-state index is 0. The van der Waals surface area contributed by atoms with Crippen LogP contribution >= 0.6 is 0 Å². The summed E-state index contributed by atoms with van der Waals surface area (Å²) in [6.45, 7) is 7.06. The second-order valence-electron chi connectivity index (χ2n) is 7.11. The van der Waals surface area contributed by atoms with E-state index in [2.05, 4.69) is 54.9 Å². The lowest BCUT2D eigenvalue weighted by molar-refractivity contribution is -0.697. The largest absolute Gasteiger partial charge is 1.00 e. The van der Waals surface area contributed by atoms with Gasteiger partial charge in [0, 0.05) is 24.1 Å². The second kappa shape index (κ2) is 10.4. The lowest BCUT2D eigenvalue weighted by Crippen LogP contribution is -3.00. The van der Waals surface area contributed by atoms with Crippen LogP contribution in [0, 0.1) is 5.92 Å². The van der Waals surface area contributed by atoms with E-state index in [0.717, 1.165) is 5.92 Å². The Hall–Kier alpha value is -0.410. The molecule has 2 heterocycles. The summed E-state index contributed by atoms with van der Waals surface area (Å²) < 4.78 is 2.39. The van der Waals surface area contributed by atoms with E-state index in [0.29, 0.717) is 6.04 Å². The smallest absolute Gasteiger partial charge is 0.173 e. The van der Waals surface area contributed by atoms with Gasteiger partial charge < -0.3 is 17.0 Å². The maximum absolute atomic E-state index is 2.49. The number of hydrogen-bond acceptors (Lipinski definition) is 1. The van der Waals surface area contributed by atoms with Crippen LogP contribution in [0.3, 0.4) is 0 Å². The molecule has 0 radical (unpaired) electrons. The fourth-order valence-corrected chi connectivity index (χ4v) is 3.41. The van der Waals surface area contributed by atoms with Crippen molar-refractivity contribution in [2.24, 2.45) is 5.92 Å². The molecule has 1 aromatic heterocycles. The minimum atomic E-state index is 0. The van der Waals surface area contributed by atoms with Crippen LogP contribution in [0.5, 0.6) is 0 Å². The van der Waals surface area contributed by atoms with Gasteiger partial charge in [0.2, 0.25) is 0 Å². The van der Waals surface area contributed by atoms with E-state index in [1.54, 1.807) is 0 Å². The highest BCUT2D eigenvalue weighted by molar-refractivity contribution is 5.12. The number of likely N-dealkylation sites (tertiary alicyclic amines) is 1. The quantitative estimate of drug-likeness (QED) is 0.496. The molecule has 0 unspecified atom stereocenters. The monoisotopic (exact) mass is 368 g/mol. The molecular formula is C19H33BrN2. The number of halogens is 1. The van der Waals surface area contributed by atoms with Gasteiger partial charge in [-0.1, -0.05) is 33.1 Å². The predicted octanol–water partition coefficient (Wildman–Crippen LogP) is 1.35. The lowest BCUT2D eigenvalue weighted by atomic mass is 10.0. The van der Waals surface area contributed by atoms with Crippen molar-refractivity contribution in [2.75, 3.05) is 13.6 Å². The van der Waals surface area contributed by atoms with E-state index >= 15 is 0 Å². The molecular weight excluding hydrogens is 336 g/mol. The van der Waals surface area contributed by atoms with E-state index in [1.165, 1.54) is 63.6 Å². The average molecular weight is 369 g/mol. The maximum atomic E-state index is 2.49. The van der Waals surface area contributed by atoms with E-state index in [4.69, 9.17) is 0 Å². The van der Waals surface area contributed by atoms with Crippen molar-refractivity contribution >= 4 is 0 Å². The lowest BCUT2D eigenvalue weighted by Gasteiger charge is -2.18. The number of rotatable bonds is 8. The normalized spacial score (nSPS) is 18.6. The third-order valence-electron chi connectivity index (χ3n) is 4.73. The molecule has 2 rings (SSSR count). The molecule has 0 amide bonds. The number of pyridine rings is 1. The Kier molecular flexibility index (Phi) is 9.27. The van der Waals surface area contributed by atoms with Crippen LogP contribution in [0.15, 0.2) is 24.5 Å². The van der Waals surface area contributed by atoms with Gasteiger partial charge in [0.1, 0.15) is 6.54 Å². The summed E-state index contributed by atoms with van der Waals surface area (Å²) >= 11 is 0. The molecule has 0 saturated carbocycles. The number of nitrogens with zero attached hydrogens (tertiary/aromatic N) is 2. The van der Waals surface area contributed by atoms with Crippen molar-refractivity contribution in [3.05, 3.63) is 30.1 Å². The Bertz CT molecular complexity index is 420.